The van der Waals surface area contributed by atoms with Crippen LogP contribution >= 0.6 is 0 Å². The molecule has 1 aliphatic rings. The third kappa shape index (κ3) is 4.02. The number of rotatable bonds is 6. The summed E-state index contributed by atoms with van der Waals surface area (Å²) in [5.74, 6) is 0.181. The predicted octanol–water partition coefficient (Wildman–Crippen LogP) is 2.69. The molecule has 6 heteroatoms. The average Bonchev–Trinajstić information content (AvgIpc) is 3.05. The Labute approximate surface area is 151 Å². The number of nitrogens with zero attached hydrogens (tertiary/aromatic N) is 1. The summed E-state index contributed by atoms with van der Waals surface area (Å²) in [6, 6.07) is 12.8. The van der Waals surface area contributed by atoms with Crippen molar-refractivity contribution in [3.05, 3.63) is 59.9 Å². The molecule has 1 fully saturated rings. The molecule has 2 amide bonds. The van der Waals surface area contributed by atoms with Crippen LogP contribution in [0.2, 0.25) is 0 Å². The van der Waals surface area contributed by atoms with Crippen molar-refractivity contribution in [2.24, 2.45) is 0 Å². The zero-order valence-electron chi connectivity index (χ0n) is 14.6. The minimum atomic E-state index is -0.510. The lowest BCUT2D eigenvalue weighted by Gasteiger charge is -2.24. The summed E-state index contributed by atoms with van der Waals surface area (Å²) in [6.07, 6.45) is 1.45. The largest absolute Gasteiger partial charge is 0.497 e. The van der Waals surface area contributed by atoms with Gasteiger partial charge in [0, 0.05) is 18.7 Å². The Hall–Kier alpha value is -2.89. The van der Waals surface area contributed by atoms with Crippen molar-refractivity contribution in [3.8, 4) is 5.75 Å². The lowest BCUT2D eigenvalue weighted by Crippen LogP contribution is -2.45. The highest BCUT2D eigenvalue weighted by Gasteiger charge is 2.36. The molecule has 1 N–H and O–H groups in total. The Morgan fingerprint density at radius 3 is 2.54 bits per heavy atom. The maximum atomic E-state index is 12.9. The number of anilines is 1. The first-order valence-electron chi connectivity index (χ1n) is 8.57. The van der Waals surface area contributed by atoms with Crippen molar-refractivity contribution in [2.75, 3.05) is 18.6 Å². The third-order valence-corrected chi connectivity index (χ3v) is 4.49. The number of methoxy groups -OCH3 is 1. The van der Waals surface area contributed by atoms with E-state index >= 15 is 0 Å². The highest BCUT2D eigenvalue weighted by atomic mass is 19.1. The summed E-state index contributed by atoms with van der Waals surface area (Å²) in [7, 11) is 1.58. The molecule has 3 rings (SSSR count). The first-order chi connectivity index (χ1) is 12.6. The fourth-order valence-corrected chi connectivity index (χ4v) is 3.10. The van der Waals surface area contributed by atoms with Gasteiger partial charge in [0.1, 0.15) is 17.6 Å². The fraction of sp³-hybridized carbons (Fsp3) is 0.300. The molecule has 1 saturated heterocycles. The Morgan fingerprint density at radius 2 is 1.88 bits per heavy atom. The Balaban J connectivity index is 1.61. The number of hydrogen-bond donors (Lipinski definition) is 1. The van der Waals surface area contributed by atoms with E-state index < -0.39 is 6.04 Å². The van der Waals surface area contributed by atoms with Crippen LogP contribution in [-0.2, 0) is 16.0 Å². The second kappa shape index (κ2) is 7.99. The predicted molar refractivity (Wildman–Crippen MR) is 96.6 cm³/mol. The van der Waals surface area contributed by atoms with Crippen molar-refractivity contribution in [1.29, 1.82) is 0 Å². The maximum absolute atomic E-state index is 12.9. The van der Waals surface area contributed by atoms with Crippen molar-refractivity contribution in [3.63, 3.8) is 0 Å². The standard InChI is InChI=1S/C20H21FN2O3/c1-26-17-8-6-16(7-9-17)23-18(10-11-19(23)24)20(25)22-13-12-14-2-4-15(21)5-3-14/h2-9,18H,10-13H2,1H3,(H,22,25). The molecule has 0 bridgehead atoms. The zero-order chi connectivity index (χ0) is 18.5. The lowest BCUT2D eigenvalue weighted by molar-refractivity contribution is -0.123. The van der Waals surface area contributed by atoms with E-state index in [2.05, 4.69) is 5.32 Å². The van der Waals surface area contributed by atoms with Crippen LogP contribution in [0.15, 0.2) is 48.5 Å². The van der Waals surface area contributed by atoms with E-state index in [0.29, 0.717) is 37.2 Å². The molecule has 136 valence electrons. The molecule has 1 heterocycles. The van der Waals surface area contributed by atoms with Gasteiger partial charge in [-0.25, -0.2) is 4.39 Å². The average molecular weight is 356 g/mol. The Morgan fingerprint density at radius 1 is 1.19 bits per heavy atom. The van der Waals surface area contributed by atoms with Gasteiger partial charge in [-0.3, -0.25) is 14.5 Å². The van der Waals surface area contributed by atoms with E-state index in [0.717, 1.165) is 5.56 Å². The van der Waals surface area contributed by atoms with Gasteiger partial charge in [0.15, 0.2) is 0 Å². The van der Waals surface area contributed by atoms with Crippen molar-refractivity contribution < 1.29 is 18.7 Å². The van der Waals surface area contributed by atoms with Crippen LogP contribution < -0.4 is 15.0 Å². The highest BCUT2D eigenvalue weighted by Crippen LogP contribution is 2.28. The number of ether oxygens (including phenoxy) is 1. The van der Waals surface area contributed by atoms with Crippen LogP contribution in [0.3, 0.4) is 0 Å². The van der Waals surface area contributed by atoms with E-state index in [1.54, 1.807) is 48.4 Å². The van der Waals surface area contributed by atoms with Crippen LogP contribution in [0.4, 0.5) is 10.1 Å². The van der Waals surface area contributed by atoms with E-state index in [1.165, 1.54) is 12.1 Å². The normalized spacial score (nSPS) is 16.6. The minimum absolute atomic E-state index is 0.0612. The van der Waals surface area contributed by atoms with Gasteiger partial charge in [0.05, 0.1) is 7.11 Å². The summed E-state index contributed by atoms with van der Waals surface area (Å²) in [4.78, 5) is 26.4. The molecule has 0 saturated carbocycles. The molecule has 0 spiro atoms. The number of nitrogens with one attached hydrogen (secondary N) is 1. The van der Waals surface area contributed by atoms with Gasteiger partial charge < -0.3 is 10.1 Å². The van der Waals surface area contributed by atoms with Gasteiger partial charge in [0.2, 0.25) is 11.8 Å². The second-order valence-corrected chi connectivity index (χ2v) is 6.18. The molecule has 5 nitrogen and oxygen atoms in total. The second-order valence-electron chi connectivity index (χ2n) is 6.18. The quantitative estimate of drug-likeness (QED) is 0.866. The highest BCUT2D eigenvalue weighted by molar-refractivity contribution is 6.03. The smallest absolute Gasteiger partial charge is 0.243 e. The SMILES string of the molecule is COc1ccc(N2C(=O)CCC2C(=O)NCCc2ccc(F)cc2)cc1. The first kappa shape index (κ1) is 17.9. The van der Waals surface area contributed by atoms with Gasteiger partial charge in [-0.05, 0) is 54.8 Å². The van der Waals surface area contributed by atoms with Crippen molar-refractivity contribution in [2.45, 2.75) is 25.3 Å². The summed E-state index contributed by atoms with van der Waals surface area (Å²) in [5.41, 5.74) is 1.63. The van der Waals surface area contributed by atoms with Gasteiger partial charge in [-0.2, -0.15) is 0 Å². The molecule has 0 radical (unpaired) electrons. The van der Waals surface area contributed by atoms with Crippen LogP contribution in [0.1, 0.15) is 18.4 Å². The van der Waals surface area contributed by atoms with Gasteiger partial charge >= 0.3 is 0 Å². The minimum Gasteiger partial charge on any atom is -0.497 e. The Kier molecular flexibility index (Phi) is 5.51. The molecule has 0 aromatic heterocycles. The fourth-order valence-electron chi connectivity index (χ4n) is 3.10. The maximum Gasteiger partial charge on any atom is 0.243 e. The Bertz CT molecular complexity index is 775. The topological polar surface area (TPSA) is 58.6 Å². The molecular weight excluding hydrogens is 335 g/mol. The van der Waals surface area contributed by atoms with Crippen LogP contribution in [0.25, 0.3) is 0 Å². The number of hydrogen-bond acceptors (Lipinski definition) is 3. The van der Waals surface area contributed by atoms with Crippen LogP contribution in [0, 0.1) is 5.82 Å². The monoisotopic (exact) mass is 356 g/mol. The van der Waals surface area contributed by atoms with Gasteiger partial charge in [0.25, 0.3) is 0 Å². The molecular formula is C20H21FN2O3. The molecule has 26 heavy (non-hydrogen) atoms. The van der Waals surface area contributed by atoms with E-state index in [1.807, 2.05) is 0 Å². The third-order valence-electron chi connectivity index (χ3n) is 4.49. The molecule has 0 aliphatic carbocycles. The molecule has 1 unspecified atom stereocenters. The lowest BCUT2D eigenvalue weighted by atomic mass is 10.1. The number of benzene rings is 2. The number of carbonyl (C=O) groups excluding carboxylic acids is 2. The molecule has 2 aromatic rings. The number of halogens is 1. The number of amides is 2. The first-order valence-corrected chi connectivity index (χ1v) is 8.57. The van der Waals surface area contributed by atoms with Crippen LogP contribution in [-0.4, -0.2) is 31.5 Å². The zero-order valence-corrected chi connectivity index (χ0v) is 14.6. The van der Waals surface area contributed by atoms with Crippen molar-refractivity contribution in [1.82, 2.24) is 5.32 Å². The molecule has 2 aromatic carbocycles. The van der Waals surface area contributed by atoms with Gasteiger partial charge in [-0.15, -0.1) is 0 Å². The molecule has 1 atom stereocenters. The summed E-state index contributed by atoms with van der Waals surface area (Å²) in [6.45, 7) is 0.436. The van der Waals surface area contributed by atoms with E-state index in [-0.39, 0.29) is 17.6 Å². The summed E-state index contributed by atoms with van der Waals surface area (Å²) >= 11 is 0. The molecule has 1 aliphatic heterocycles. The van der Waals surface area contributed by atoms with Crippen LogP contribution in [0.5, 0.6) is 5.75 Å². The van der Waals surface area contributed by atoms with Gasteiger partial charge in [-0.1, -0.05) is 12.1 Å². The summed E-state index contributed by atoms with van der Waals surface area (Å²) < 4.78 is 18.0. The number of carbonyl (C=O) groups is 2. The summed E-state index contributed by atoms with van der Waals surface area (Å²) in [5, 5.41) is 2.88. The van der Waals surface area contributed by atoms with E-state index in [9.17, 15) is 14.0 Å². The van der Waals surface area contributed by atoms with E-state index in [4.69, 9.17) is 4.74 Å². The van der Waals surface area contributed by atoms with Crippen molar-refractivity contribution >= 4 is 17.5 Å².